The molecule has 4 aromatic rings. The van der Waals surface area contributed by atoms with Crippen molar-refractivity contribution < 1.29 is 33.7 Å². The molecule has 5 rings (SSSR count). The number of benzene rings is 3. The van der Waals surface area contributed by atoms with Crippen LogP contribution in [0.25, 0.3) is 22.3 Å². The number of ether oxygens (including phenoxy) is 2. The molecular weight excluding hydrogens is 440 g/mol. The van der Waals surface area contributed by atoms with E-state index in [9.17, 15) is 24.6 Å². The van der Waals surface area contributed by atoms with Crippen LogP contribution in [-0.2, 0) is 9.53 Å². The van der Waals surface area contributed by atoms with Crippen LogP contribution in [0.4, 0.5) is 0 Å². The van der Waals surface area contributed by atoms with Crippen LogP contribution < -0.4 is 10.2 Å². The molecule has 2 heterocycles. The minimum absolute atomic E-state index is 0.00574. The third-order valence-electron chi connectivity index (χ3n) is 5.84. The summed E-state index contributed by atoms with van der Waals surface area (Å²) in [4.78, 5) is 37.2. The highest BCUT2D eigenvalue weighted by Gasteiger charge is 2.36. The average Bonchev–Trinajstić information content (AvgIpc) is 2.86. The highest BCUT2D eigenvalue weighted by Crippen LogP contribution is 2.52. The Kier molecular flexibility index (Phi) is 5.05. The van der Waals surface area contributed by atoms with Crippen molar-refractivity contribution >= 4 is 22.9 Å². The highest BCUT2D eigenvalue weighted by molar-refractivity contribution is 5.96. The molecule has 0 bridgehead atoms. The molecule has 0 unspecified atom stereocenters. The SMILES string of the molecule is COC(=O)c1ccc([C@@H]2CC(=O)Oc3c(O)c(O)c4c(=O)cc(-c5ccccc5)oc4c32)cc1. The summed E-state index contributed by atoms with van der Waals surface area (Å²) in [5.41, 5.74) is 1.27. The summed E-state index contributed by atoms with van der Waals surface area (Å²) in [6, 6.07) is 16.6. The normalized spacial score (nSPS) is 15.0. The maximum absolute atomic E-state index is 13.0. The van der Waals surface area contributed by atoms with Gasteiger partial charge in [0.2, 0.25) is 5.75 Å². The summed E-state index contributed by atoms with van der Waals surface area (Å²) >= 11 is 0. The van der Waals surface area contributed by atoms with Crippen molar-refractivity contribution in [1.82, 2.24) is 0 Å². The summed E-state index contributed by atoms with van der Waals surface area (Å²) in [7, 11) is 1.28. The Morgan fingerprint density at radius 1 is 1.00 bits per heavy atom. The third-order valence-corrected chi connectivity index (χ3v) is 5.84. The number of hydrogen-bond donors (Lipinski definition) is 2. The molecule has 1 atom stereocenters. The summed E-state index contributed by atoms with van der Waals surface area (Å²) in [5, 5.41) is 21.0. The number of fused-ring (bicyclic) bond motifs is 3. The Balaban J connectivity index is 1.79. The van der Waals surface area contributed by atoms with Gasteiger partial charge in [0.25, 0.3) is 0 Å². The lowest BCUT2D eigenvalue weighted by Gasteiger charge is -2.26. The van der Waals surface area contributed by atoms with Crippen LogP contribution in [0.1, 0.15) is 33.8 Å². The lowest BCUT2D eigenvalue weighted by molar-refractivity contribution is -0.135. The topological polar surface area (TPSA) is 123 Å². The molecule has 34 heavy (non-hydrogen) atoms. The number of rotatable bonds is 3. The first-order chi connectivity index (χ1) is 16.4. The van der Waals surface area contributed by atoms with Crippen LogP contribution in [0.2, 0.25) is 0 Å². The second kappa shape index (κ2) is 8.08. The van der Waals surface area contributed by atoms with Gasteiger partial charge in [-0.3, -0.25) is 9.59 Å². The van der Waals surface area contributed by atoms with E-state index in [1.165, 1.54) is 13.2 Å². The van der Waals surface area contributed by atoms with Gasteiger partial charge in [-0.05, 0) is 17.7 Å². The molecule has 8 heteroatoms. The molecular formula is C26H18O8. The van der Waals surface area contributed by atoms with Gasteiger partial charge in [0.05, 0.1) is 24.7 Å². The summed E-state index contributed by atoms with van der Waals surface area (Å²) in [6.45, 7) is 0. The summed E-state index contributed by atoms with van der Waals surface area (Å²) < 4.78 is 16.1. The van der Waals surface area contributed by atoms with Crippen molar-refractivity contribution in [3.63, 3.8) is 0 Å². The second-order valence-electron chi connectivity index (χ2n) is 7.83. The van der Waals surface area contributed by atoms with Crippen molar-refractivity contribution in [2.24, 2.45) is 0 Å². The minimum atomic E-state index is -0.725. The van der Waals surface area contributed by atoms with E-state index in [0.717, 1.165) is 0 Å². The standard InChI is InChI=1S/C26H18O8/c1-32-26(31)15-9-7-13(8-10-15)16-11-19(28)34-25-20(16)24-21(22(29)23(25)30)17(27)12-18(33-24)14-5-3-2-4-6-14/h2-10,12,16,29-30H,11H2,1H3/t16-/m0/s1. The Bertz CT molecular complexity index is 1500. The molecule has 1 aromatic heterocycles. The van der Waals surface area contributed by atoms with Gasteiger partial charge in [0.15, 0.2) is 16.9 Å². The molecule has 0 saturated heterocycles. The zero-order chi connectivity index (χ0) is 24.0. The van der Waals surface area contributed by atoms with E-state index in [1.807, 2.05) is 6.07 Å². The number of carbonyl (C=O) groups excluding carboxylic acids is 2. The first-order valence-corrected chi connectivity index (χ1v) is 10.4. The van der Waals surface area contributed by atoms with E-state index in [-0.39, 0.29) is 34.5 Å². The molecule has 2 N–H and O–H groups in total. The van der Waals surface area contributed by atoms with Gasteiger partial charge in [0.1, 0.15) is 16.7 Å². The van der Waals surface area contributed by atoms with Crippen molar-refractivity contribution in [3.8, 4) is 28.6 Å². The van der Waals surface area contributed by atoms with Crippen molar-refractivity contribution in [2.75, 3.05) is 7.11 Å². The Morgan fingerprint density at radius 2 is 1.71 bits per heavy atom. The second-order valence-corrected chi connectivity index (χ2v) is 7.83. The summed E-state index contributed by atoms with van der Waals surface area (Å²) in [5.74, 6) is -3.28. The van der Waals surface area contributed by atoms with Gasteiger partial charge in [-0.15, -0.1) is 0 Å². The quantitative estimate of drug-likeness (QED) is 0.267. The van der Waals surface area contributed by atoms with Crippen LogP contribution in [0.5, 0.6) is 17.2 Å². The van der Waals surface area contributed by atoms with Gasteiger partial charge >= 0.3 is 11.9 Å². The molecule has 1 aliphatic heterocycles. The Morgan fingerprint density at radius 3 is 2.38 bits per heavy atom. The Labute approximate surface area is 192 Å². The van der Waals surface area contributed by atoms with E-state index < -0.39 is 34.8 Å². The molecule has 3 aromatic carbocycles. The van der Waals surface area contributed by atoms with E-state index in [4.69, 9.17) is 13.9 Å². The first kappa shape index (κ1) is 21.3. The molecule has 8 nitrogen and oxygen atoms in total. The molecule has 0 radical (unpaired) electrons. The molecule has 0 aliphatic carbocycles. The van der Waals surface area contributed by atoms with Crippen molar-refractivity contribution in [1.29, 1.82) is 0 Å². The fourth-order valence-electron chi connectivity index (χ4n) is 4.21. The fourth-order valence-corrected chi connectivity index (χ4v) is 4.21. The van der Waals surface area contributed by atoms with Gasteiger partial charge < -0.3 is 24.1 Å². The zero-order valence-corrected chi connectivity index (χ0v) is 17.9. The molecule has 0 spiro atoms. The highest BCUT2D eigenvalue weighted by atomic mass is 16.5. The van der Waals surface area contributed by atoms with E-state index in [1.54, 1.807) is 48.5 Å². The lowest BCUT2D eigenvalue weighted by atomic mass is 9.84. The number of carbonyl (C=O) groups is 2. The maximum atomic E-state index is 13.0. The van der Waals surface area contributed by atoms with E-state index in [0.29, 0.717) is 16.7 Å². The first-order valence-electron chi connectivity index (χ1n) is 10.4. The number of phenols is 2. The largest absolute Gasteiger partial charge is 0.504 e. The van der Waals surface area contributed by atoms with Gasteiger partial charge in [-0.25, -0.2) is 4.79 Å². The predicted octanol–water partition coefficient (Wildman–Crippen LogP) is 4.10. The molecule has 0 fully saturated rings. The summed E-state index contributed by atoms with van der Waals surface area (Å²) in [6.07, 6.45) is -0.108. The zero-order valence-electron chi connectivity index (χ0n) is 17.9. The molecule has 0 saturated carbocycles. The minimum Gasteiger partial charge on any atom is -0.504 e. The van der Waals surface area contributed by atoms with Crippen LogP contribution in [0.3, 0.4) is 0 Å². The number of phenolic OH excluding ortho intramolecular Hbond substituents is 2. The van der Waals surface area contributed by atoms with Crippen molar-refractivity contribution in [3.05, 3.63) is 87.6 Å². The fraction of sp³-hybridized carbons (Fsp3) is 0.115. The number of esters is 2. The van der Waals surface area contributed by atoms with Gasteiger partial charge in [-0.1, -0.05) is 42.5 Å². The van der Waals surface area contributed by atoms with Crippen LogP contribution >= 0.6 is 0 Å². The van der Waals surface area contributed by atoms with Gasteiger partial charge in [-0.2, -0.15) is 0 Å². The third kappa shape index (κ3) is 3.36. The number of methoxy groups -OCH3 is 1. The lowest BCUT2D eigenvalue weighted by Crippen LogP contribution is -2.22. The van der Waals surface area contributed by atoms with Crippen molar-refractivity contribution in [2.45, 2.75) is 12.3 Å². The average molecular weight is 458 g/mol. The molecule has 170 valence electrons. The van der Waals surface area contributed by atoms with Crippen LogP contribution in [-0.4, -0.2) is 29.3 Å². The monoisotopic (exact) mass is 458 g/mol. The van der Waals surface area contributed by atoms with Gasteiger partial charge in [0, 0.05) is 17.5 Å². The van der Waals surface area contributed by atoms with E-state index in [2.05, 4.69) is 0 Å². The molecule has 1 aliphatic rings. The predicted molar refractivity (Wildman–Crippen MR) is 121 cm³/mol. The number of hydrogen-bond acceptors (Lipinski definition) is 8. The molecule has 0 amide bonds. The maximum Gasteiger partial charge on any atom is 0.337 e. The van der Waals surface area contributed by atoms with Crippen LogP contribution in [0, 0.1) is 0 Å². The smallest absolute Gasteiger partial charge is 0.337 e. The van der Waals surface area contributed by atoms with Crippen LogP contribution in [0.15, 0.2) is 69.9 Å². The number of aromatic hydroxyl groups is 2. The Hall–Kier alpha value is -4.59. The van der Waals surface area contributed by atoms with E-state index >= 15 is 0 Å².